The van der Waals surface area contributed by atoms with Gasteiger partial charge in [0.2, 0.25) is 0 Å². The van der Waals surface area contributed by atoms with Gasteiger partial charge in [0, 0.05) is 26.7 Å². The van der Waals surface area contributed by atoms with Crippen LogP contribution >= 0.6 is 0 Å². The molecule has 6 heteroatoms. The van der Waals surface area contributed by atoms with Crippen molar-refractivity contribution in [2.75, 3.05) is 20.6 Å². The van der Waals surface area contributed by atoms with Gasteiger partial charge in [-0.15, -0.1) is 0 Å². The lowest BCUT2D eigenvalue weighted by atomic mass is 9.92. The number of hydrogen-bond donors (Lipinski definition) is 2. The first-order valence-corrected chi connectivity index (χ1v) is 5.39. The second-order valence-electron chi connectivity index (χ2n) is 4.41. The fourth-order valence-corrected chi connectivity index (χ4v) is 1.95. The summed E-state index contributed by atoms with van der Waals surface area (Å²) in [5.74, 6) is -1.09. The highest BCUT2D eigenvalue weighted by Crippen LogP contribution is 2.22. The van der Waals surface area contributed by atoms with Gasteiger partial charge in [0.05, 0.1) is 5.92 Å². The number of carbonyl (C=O) groups excluding carboxylic acids is 1. The number of urea groups is 1. The molecular formula is C10H19N3O3. The van der Waals surface area contributed by atoms with Crippen LogP contribution in [0.3, 0.4) is 0 Å². The number of nitrogens with one attached hydrogen (secondary N) is 1. The van der Waals surface area contributed by atoms with Gasteiger partial charge in [-0.2, -0.15) is 0 Å². The van der Waals surface area contributed by atoms with Crippen LogP contribution in [0, 0.1) is 5.92 Å². The molecule has 2 atom stereocenters. The number of carboxylic acids is 1. The van der Waals surface area contributed by atoms with E-state index in [-0.39, 0.29) is 18.0 Å². The Morgan fingerprint density at radius 1 is 1.44 bits per heavy atom. The predicted molar refractivity (Wildman–Crippen MR) is 58.7 cm³/mol. The molecule has 0 saturated carbocycles. The van der Waals surface area contributed by atoms with E-state index in [1.807, 2.05) is 6.92 Å². The number of rotatable bonds is 2. The Labute approximate surface area is 95.2 Å². The Balaban J connectivity index is 2.53. The smallest absolute Gasteiger partial charge is 0.332 e. The maximum Gasteiger partial charge on any atom is 0.332 e. The number of piperidine rings is 1. The number of hydrogen-bond acceptors (Lipinski definition) is 3. The van der Waals surface area contributed by atoms with Crippen molar-refractivity contribution in [1.82, 2.24) is 15.3 Å². The third-order valence-corrected chi connectivity index (χ3v) is 2.81. The first-order chi connectivity index (χ1) is 7.41. The monoisotopic (exact) mass is 229 g/mol. The van der Waals surface area contributed by atoms with Gasteiger partial charge in [-0.3, -0.25) is 10.2 Å². The number of carboxylic acid groups (broad SMARTS) is 1. The lowest BCUT2D eigenvalue weighted by Gasteiger charge is -2.36. The number of hydrazine groups is 1. The van der Waals surface area contributed by atoms with Crippen LogP contribution in [0.2, 0.25) is 0 Å². The normalized spacial score (nSPS) is 25.6. The summed E-state index contributed by atoms with van der Waals surface area (Å²) < 4.78 is 0. The number of likely N-dealkylation sites (tertiary alicyclic amines) is 1. The Hall–Kier alpha value is -1.30. The van der Waals surface area contributed by atoms with Crippen LogP contribution in [-0.4, -0.2) is 53.7 Å². The van der Waals surface area contributed by atoms with Crippen LogP contribution in [-0.2, 0) is 4.79 Å². The molecule has 1 saturated heterocycles. The van der Waals surface area contributed by atoms with Crippen molar-refractivity contribution >= 4 is 12.0 Å². The minimum absolute atomic E-state index is 0.0326. The molecule has 1 aliphatic rings. The minimum Gasteiger partial charge on any atom is -0.481 e. The SMILES string of the molecule is CC1CC(C(=O)O)CCN1C(=O)NN(C)C. The van der Waals surface area contributed by atoms with Crippen molar-refractivity contribution in [1.29, 1.82) is 0 Å². The van der Waals surface area contributed by atoms with Crippen LogP contribution in [0.1, 0.15) is 19.8 Å². The standard InChI is InChI=1S/C10H19N3O3/c1-7-6-8(9(14)15)4-5-13(7)10(16)11-12(2)3/h7-8H,4-6H2,1-3H3,(H,11,16)(H,14,15). The van der Waals surface area contributed by atoms with E-state index in [0.717, 1.165) is 0 Å². The predicted octanol–water partition coefficient (Wildman–Crippen LogP) is 0.358. The van der Waals surface area contributed by atoms with E-state index < -0.39 is 5.97 Å². The first kappa shape index (κ1) is 12.8. The Bertz CT molecular complexity index is 280. The lowest BCUT2D eigenvalue weighted by molar-refractivity contribution is -0.143. The van der Waals surface area contributed by atoms with E-state index in [4.69, 9.17) is 5.11 Å². The van der Waals surface area contributed by atoms with E-state index in [0.29, 0.717) is 19.4 Å². The van der Waals surface area contributed by atoms with Crippen LogP contribution in [0.25, 0.3) is 0 Å². The molecule has 2 N–H and O–H groups in total. The summed E-state index contributed by atoms with van der Waals surface area (Å²) in [6.45, 7) is 2.38. The molecule has 2 amide bonds. The molecular weight excluding hydrogens is 210 g/mol. The Kier molecular flexibility index (Phi) is 4.12. The van der Waals surface area contributed by atoms with Crippen LogP contribution in [0.15, 0.2) is 0 Å². The van der Waals surface area contributed by atoms with E-state index in [1.165, 1.54) is 0 Å². The summed E-state index contributed by atoms with van der Waals surface area (Å²) in [6.07, 6.45) is 1.05. The molecule has 92 valence electrons. The molecule has 0 bridgehead atoms. The van der Waals surface area contributed by atoms with Crippen molar-refractivity contribution in [3.05, 3.63) is 0 Å². The number of nitrogens with zero attached hydrogens (tertiary/aromatic N) is 2. The van der Waals surface area contributed by atoms with Crippen molar-refractivity contribution < 1.29 is 14.7 Å². The molecule has 0 spiro atoms. The third kappa shape index (κ3) is 3.10. The fourth-order valence-electron chi connectivity index (χ4n) is 1.95. The van der Waals surface area contributed by atoms with Crippen LogP contribution < -0.4 is 5.43 Å². The molecule has 0 aromatic heterocycles. The molecule has 0 aliphatic carbocycles. The molecule has 1 rings (SSSR count). The summed E-state index contributed by atoms with van der Waals surface area (Å²) in [7, 11) is 3.49. The number of carbonyl (C=O) groups is 2. The maximum absolute atomic E-state index is 11.7. The Morgan fingerprint density at radius 3 is 2.50 bits per heavy atom. The summed E-state index contributed by atoms with van der Waals surface area (Å²) in [5.41, 5.74) is 2.66. The highest BCUT2D eigenvalue weighted by molar-refractivity contribution is 5.75. The minimum atomic E-state index is -0.764. The molecule has 16 heavy (non-hydrogen) atoms. The topological polar surface area (TPSA) is 72.9 Å². The van der Waals surface area contributed by atoms with E-state index in [9.17, 15) is 9.59 Å². The average Bonchev–Trinajstić information content (AvgIpc) is 2.15. The lowest BCUT2D eigenvalue weighted by Crippen LogP contribution is -2.52. The van der Waals surface area contributed by atoms with Gasteiger partial charge in [0.15, 0.2) is 0 Å². The van der Waals surface area contributed by atoms with Gasteiger partial charge < -0.3 is 10.0 Å². The number of amides is 2. The highest BCUT2D eigenvalue weighted by Gasteiger charge is 2.32. The molecule has 2 unspecified atom stereocenters. The van der Waals surface area contributed by atoms with Gasteiger partial charge in [0.1, 0.15) is 0 Å². The van der Waals surface area contributed by atoms with Crippen molar-refractivity contribution in [3.8, 4) is 0 Å². The van der Waals surface area contributed by atoms with Crippen LogP contribution in [0.5, 0.6) is 0 Å². The summed E-state index contributed by atoms with van der Waals surface area (Å²) >= 11 is 0. The van der Waals surface area contributed by atoms with Crippen molar-refractivity contribution in [3.63, 3.8) is 0 Å². The molecule has 1 aliphatic heterocycles. The average molecular weight is 229 g/mol. The van der Waals surface area contributed by atoms with Gasteiger partial charge in [-0.25, -0.2) is 9.80 Å². The zero-order chi connectivity index (χ0) is 12.3. The molecule has 1 heterocycles. The summed E-state index contributed by atoms with van der Waals surface area (Å²) in [4.78, 5) is 24.2. The zero-order valence-electron chi connectivity index (χ0n) is 9.93. The largest absolute Gasteiger partial charge is 0.481 e. The fraction of sp³-hybridized carbons (Fsp3) is 0.800. The van der Waals surface area contributed by atoms with Crippen LogP contribution in [0.4, 0.5) is 4.79 Å². The van der Waals surface area contributed by atoms with Gasteiger partial charge in [0.25, 0.3) is 0 Å². The van der Waals surface area contributed by atoms with Gasteiger partial charge in [-0.1, -0.05) is 0 Å². The van der Waals surface area contributed by atoms with E-state index >= 15 is 0 Å². The third-order valence-electron chi connectivity index (χ3n) is 2.81. The van der Waals surface area contributed by atoms with Gasteiger partial charge >= 0.3 is 12.0 Å². The summed E-state index contributed by atoms with van der Waals surface area (Å²) in [5, 5.41) is 10.5. The second kappa shape index (κ2) is 5.16. The Morgan fingerprint density at radius 2 is 2.06 bits per heavy atom. The quantitative estimate of drug-likeness (QED) is 0.670. The molecule has 0 aromatic rings. The first-order valence-electron chi connectivity index (χ1n) is 5.39. The molecule has 1 fully saturated rings. The highest BCUT2D eigenvalue weighted by atomic mass is 16.4. The molecule has 0 radical (unpaired) electrons. The van der Waals surface area contributed by atoms with Gasteiger partial charge in [-0.05, 0) is 19.8 Å². The summed E-state index contributed by atoms with van der Waals surface area (Å²) in [6, 6.07) is -0.198. The van der Waals surface area contributed by atoms with Crippen molar-refractivity contribution in [2.24, 2.45) is 5.92 Å². The number of aliphatic carboxylic acids is 1. The van der Waals surface area contributed by atoms with E-state index in [1.54, 1.807) is 24.0 Å². The van der Waals surface area contributed by atoms with E-state index in [2.05, 4.69) is 5.43 Å². The molecule has 6 nitrogen and oxygen atoms in total. The maximum atomic E-state index is 11.7. The molecule has 0 aromatic carbocycles. The second-order valence-corrected chi connectivity index (χ2v) is 4.41. The zero-order valence-corrected chi connectivity index (χ0v) is 9.93. The van der Waals surface area contributed by atoms with Crippen molar-refractivity contribution in [2.45, 2.75) is 25.8 Å².